The molecule has 3 rings (SSSR count). The number of likely N-dealkylation sites (N-methyl/N-ethyl adjacent to an activating group) is 1. The average Bonchev–Trinajstić information content (AvgIpc) is 3.02. The molecule has 0 bridgehead atoms. The van der Waals surface area contributed by atoms with Gasteiger partial charge in [0.2, 0.25) is 0 Å². The van der Waals surface area contributed by atoms with E-state index in [1.165, 1.54) is 24.3 Å². The zero-order chi connectivity index (χ0) is 16.9. The maximum Gasteiger partial charge on any atom is 0.417 e. The van der Waals surface area contributed by atoms with Crippen LogP contribution in [-0.2, 0) is 0 Å². The molecular formula is C17H16N4O3. The van der Waals surface area contributed by atoms with E-state index in [0.29, 0.717) is 11.4 Å². The van der Waals surface area contributed by atoms with Crippen LogP contribution >= 0.6 is 0 Å². The highest BCUT2D eigenvalue weighted by molar-refractivity contribution is 5.86. The van der Waals surface area contributed by atoms with E-state index < -0.39 is 6.09 Å². The van der Waals surface area contributed by atoms with E-state index >= 15 is 0 Å². The second-order valence-corrected chi connectivity index (χ2v) is 5.43. The molecule has 7 nitrogen and oxygen atoms in total. The molecule has 1 heterocycles. The van der Waals surface area contributed by atoms with Crippen molar-refractivity contribution in [3.8, 4) is 5.75 Å². The highest BCUT2D eigenvalue weighted by Gasteiger charge is 2.16. The van der Waals surface area contributed by atoms with Gasteiger partial charge in [-0.05, 0) is 47.1 Å². The Kier molecular flexibility index (Phi) is 4.51. The lowest BCUT2D eigenvalue weighted by Gasteiger charge is -2.11. The normalized spacial score (nSPS) is 16.0. The minimum atomic E-state index is -0.600. The van der Waals surface area contributed by atoms with Gasteiger partial charge in [0.25, 0.3) is 0 Å². The number of anilines is 1. The molecule has 0 radical (unpaired) electrons. The van der Waals surface area contributed by atoms with E-state index in [9.17, 15) is 9.70 Å². The number of rotatable bonds is 4. The summed E-state index contributed by atoms with van der Waals surface area (Å²) in [6, 6.07) is 13.5. The molecule has 0 aromatic heterocycles. The topological polar surface area (TPSA) is 83.4 Å². The number of benzene rings is 2. The summed E-state index contributed by atoms with van der Waals surface area (Å²) in [5.41, 5.74) is 2.05. The predicted molar refractivity (Wildman–Crippen MR) is 91.8 cm³/mol. The van der Waals surface area contributed by atoms with Crippen LogP contribution in [-0.4, -0.2) is 30.9 Å². The Labute approximate surface area is 138 Å². The van der Waals surface area contributed by atoms with Crippen molar-refractivity contribution in [2.45, 2.75) is 5.92 Å². The molecule has 1 aliphatic heterocycles. The van der Waals surface area contributed by atoms with E-state index in [2.05, 4.69) is 15.6 Å². The Morgan fingerprint density at radius 2 is 1.92 bits per heavy atom. The van der Waals surface area contributed by atoms with E-state index in [1.807, 2.05) is 42.5 Å². The molecule has 0 spiro atoms. The van der Waals surface area contributed by atoms with Crippen LogP contribution in [0.5, 0.6) is 5.75 Å². The second-order valence-electron chi connectivity index (χ2n) is 5.43. The number of nitrogens with zero attached hydrogens (tertiary/aromatic N) is 3. The van der Waals surface area contributed by atoms with Crippen molar-refractivity contribution in [1.82, 2.24) is 5.01 Å². The van der Waals surface area contributed by atoms with Crippen molar-refractivity contribution in [3.05, 3.63) is 59.0 Å². The molecule has 2 aromatic carbocycles. The highest BCUT2D eigenvalue weighted by atomic mass is 16.6. The van der Waals surface area contributed by atoms with Crippen LogP contribution in [0.4, 0.5) is 16.2 Å². The van der Waals surface area contributed by atoms with Gasteiger partial charge >= 0.3 is 6.09 Å². The van der Waals surface area contributed by atoms with Crippen molar-refractivity contribution < 1.29 is 9.53 Å². The van der Waals surface area contributed by atoms with E-state index in [4.69, 9.17) is 4.74 Å². The zero-order valence-electron chi connectivity index (χ0n) is 13.0. The first kappa shape index (κ1) is 15.7. The molecule has 1 N–H and O–H groups in total. The lowest BCUT2D eigenvalue weighted by Crippen LogP contribution is -2.16. The monoisotopic (exact) mass is 324 g/mol. The van der Waals surface area contributed by atoms with Gasteiger partial charge in [0.15, 0.2) is 0 Å². The summed E-state index contributed by atoms with van der Waals surface area (Å²) < 4.78 is 5.14. The van der Waals surface area contributed by atoms with Crippen LogP contribution in [0.15, 0.2) is 58.8 Å². The number of ether oxygens (including phenoxy) is 1. The first-order chi connectivity index (χ1) is 11.6. The molecule has 1 unspecified atom stereocenters. The molecule has 7 heteroatoms. The maximum atomic E-state index is 11.9. The smallest absolute Gasteiger partial charge is 0.410 e. The van der Waals surface area contributed by atoms with Crippen LogP contribution < -0.4 is 10.1 Å². The van der Waals surface area contributed by atoms with Crippen molar-refractivity contribution in [2.75, 3.05) is 18.9 Å². The summed E-state index contributed by atoms with van der Waals surface area (Å²) in [5, 5.41) is 11.5. The summed E-state index contributed by atoms with van der Waals surface area (Å²) in [7, 11) is 1.93. The van der Waals surface area contributed by atoms with Gasteiger partial charge in [-0.1, -0.05) is 12.1 Å². The molecule has 1 amide bonds. The van der Waals surface area contributed by atoms with Crippen molar-refractivity contribution in [3.63, 3.8) is 0 Å². The largest absolute Gasteiger partial charge is 0.417 e. The van der Waals surface area contributed by atoms with Crippen LogP contribution in [0.1, 0.15) is 11.5 Å². The van der Waals surface area contributed by atoms with Crippen molar-refractivity contribution >= 4 is 23.7 Å². The van der Waals surface area contributed by atoms with Gasteiger partial charge in [0.1, 0.15) is 11.4 Å². The van der Waals surface area contributed by atoms with Gasteiger partial charge in [-0.15, -0.1) is 4.91 Å². The van der Waals surface area contributed by atoms with Gasteiger partial charge in [0, 0.05) is 31.4 Å². The molecule has 1 atom stereocenters. The Bertz CT molecular complexity index is 756. The first-order valence-electron chi connectivity index (χ1n) is 7.41. The minimum Gasteiger partial charge on any atom is -0.410 e. The van der Waals surface area contributed by atoms with Crippen molar-refractivity contribution in [1.29, 1.82) is 0 Å². The number of hydrogen-bond acceptors (Lipinski definition) is 6. The second kappa shape index (κ2) is 6.91. The number of carbonyl (C=O) groups excluding carboxylic acids is 1. The molecule has 0 fully saturated rings. The Morgan fingerprint density at radius 1 is 1.21 bits per heavy atom. The summed E-state index contributed by atoms with van der Waals surface area (Å²) in [6.07, 6.45) is 1.31. The third-order valence-corrected chi connectivity index (χ3v) is 3.64. The zero-order valence-corrected chi connectivity index (χ0v) is 13.0. The van der Waals surface area contributed by atoms with Crippen LogP contribution in [0.3, 0.4) is 0 Å². The van der Waals surface area contributed by atoms with Gasteiger partial charge < -0.3 is 4.74 Å². The van der Waals surface area contributed by atoms with Crippen molar-refractivity contribution in [2.24, 2.45) is 10.3 Å². The lowest BCUT2D eigenvalue weighted by molar-refractivity contribution is 0.215. The molecule has 0 aliphatic carbocycles. The third kappa shape index (κ3) is 3.75. The summed E-state index contributed by atoms with van der Waals surface area (Å²) >= 11 is 0. The van der Waals surface area contributed by atoms with E-state index in [1.54, 1.807) is 0 Å². The molecule has 2 aromatic rings. The Hall–Kier alpha value is -3.22. The average molecular weight is 324 g/mol. The maximum absolute atomic E-state index is 11.9. The summed E-state index contributed by atoms with van der Waals surface area (Å²) in [6.45, 7) is 0.848. The highest BCUT2D eigenvalue weighted by Crippen LogP contribution is 2.22. The molecule has 0 saturated carbocycles. The van der Waals surface area contributed by atoms with Crippen LogP contribution in [0.25, 0.3) is 0 Å². The van der Waals surface area contributed by atoms with E-state index in [-0.39, 0.29) is 11.6 Å². The first-order valence-corrected chi connectivity index (χ1v) is 7.41. The molecule has 122 valence electrons. The minimum absolute atomic E-state index is 0.265. The summed E-state index contributed by atoms with van der Waals surface area (Å²) in [4.78, 5) is 22.2. The number of nitroso groups, excluding NO2 is 1. The molecule has 0 saturated heterocycles. The fraction of sp³-hybridized carbons (Fsp3) is 0.176. The van der Waals surface area contributed by atoms with Gasteiger partial charge in [0.05, 0.1) is 0 Å². The number of amides is 1. The molecule has 1 aliphatic rings. The van der Waals surface area contributed by atoms with Crippen LogP contribution in [0.2, 0.25) is 0 Å². The Balaban J connectivity index is 1.57. The van der Waals surface area contributed by atoms with Crippen LogP contribution in [0, 0.1) is 4.91 Å². The van der Waals surface area contributed by atoms with Gasteiger partial charge in [-0.2, -0.15) is 5.10 Å². The number of hydrazone groups is 1. The third-order valence-electron chi connectivity index (χ3n) is 3.64. The predicted octanol–water partition coefficient (Wildman–Crippen LogP) is 3.71. The SMILES string of the molecule is CN1CC(c2ccc(NC(=O)Oc3ccc(N=O)cc3)cc2)C=N1. The lowest BCUT2D eigenvalue weighted by atomic mass is 10.0. The summed E-state index contributed by atoms with van der Waals surface area (Å²) in [5.74, 6) is 0.600. The number of nitrogens with one attached hydrogen (secondary N) is 1. The standard InChI is InChI=1S/C17H16N4O3/c1-21-11-13(10-18-21)12-2-4-14(5-3-12)19-17(22)24-16-8-6-15(20-23)7-9-16/h2-10,13H,11H2,1H3,(H,19,22). The van der Waals surface area contributed by atoms with Gasteiger partial charge in [-0.3, -0.25) is 10.3 Å². The quantitative estimate of drug-likeness (QED) is 0.869. The van der Waals surface area contributed by atoms with E-state index in [0.717, 1.165) is 12.1 Å². The molecule has 24 heavy (non-hydrogen) atoms. The number of carbonyl (C=O) groups is 1. The Morgan fingerprint density at radius 3 is 2.50 bits per heavy atom. The number of hydrogen-bond donors (Lipinski definition) is 1. The fourth-order valence-electron chi connectivity index (χ4n) is 2.40. The van der Waals surface area contributed by atoms with Gasteiger partial charge in [-0.25, -0.2) is 4.79 Å². The fourth-order valence-corrected chi connectivity index (χ4v) is 2.40. The molecular weight excluding hydrogens is 308 g/mol.